The second kappa shape index (κ2) is 9.89. The molecule has 3 nitrogen and oxygen atoms in total. The van der Waals surface area contributed by atoms with Crippen molar-refractivity contribution in [1.82, 2.24) is 13.8 Å². The fourth-order valence-corrected chi connectivity index (χ4v) is 13.4. The van der Waals surface area contributed by atoms with Crippen LogP contribution in [-0.2, 0) is 0 Å². The summed E-state index contributed by atoms with van der Waals surface area (Å²) in [6.45, 7) is 0. The van der Waals surface area contributed by atoms with Crippen molar-refractivity contribution in [2.75, 3.05) is 0 Å². The molecule has 4 heteroatoms. The minimum atomic E-state index is -2.81. The van der Waals surface area contributed by atoms with Crippen LogP contribution in [0.25, 0.3) is 65.7 Å². The first-order valence-electron chi connectivity index (χ1n) is 16.9. The van der Waals surface area contributed by atoms with Gasteiger partial charge in [0.25, 0.3) is 0 Å². The highest BCUT2D eigenvalue weighted by Gasteiger charge is 2.42. The van der Waals surface area contributed by atoms with Gasteiger partial charge in [0, 0.05) is 10.8 Å². The first-order valence-corrected chi connectivity index (χ1v) is 18.9. The Bertz CT molecular complexity index is 2940. The smallest absolute Gasteiger partial charge is 0.220 e. The van der Waals surface area contributed by atoms with E-state index in [9.17, 15) is 0 Å². The summed E-state index contributed by atoms with van der Waals surface area (Å²) in [4.78, 5) is 5.39. The number of imidazole rings is 2. The van der Waals surface area contributed by atoms with E-state index in [1.807, 2.05) is 0 Å². The van der Waals surface area contributed by atoms with E-state index >= 15 is 0 Å². The molecule has 0 fully saturated rings. The fraction of sp³-hybridized carbons (Fsp3) is 0. The largest absolute Gasteiger partial charge is 0.277 e. The van der Waals surface area contributed by atoms with Crippen LogP contribution in [0.1, 0.15) is 0 Å². The van der Waals surface area contributed by atoms with Crippen LogP contribution in [-0.4, -0.2) is 21.9 Å². The molecular weight excluding hydrogens is 611 g/mol. The molecule has 0 aliphatic heterocycles. The van der Waals surface area contributed by atoms with E-state index in [-0.39, 0.29) is 0 Å². The number of hydrogen-bond acceptors (Lipinski definition) is 1. The number of nitrogens with zero attached hydrogens (tertiary/aromatic N) is 3. The average molecular weight is 640 g/mol. The molecule has 0 saturated heterocycles. The van der Waals surface area contributed by atoms with Gasteiger partial charge in [-0.2, -0.15) is 0 Å². The molecule has 49 heavy (non-hydrogen) atoms. The molecule has 0 atom stereocenters. The third kappa shape index (κ3) is 3.58. The van der Waals surface area contributed by atoms with E-state index in [2.05, 4.69) is 185 Å². The zero-order valence-electron chi connectivity index (χ0n) is 26.6. The Morgan fingerprint density at radius 3 is 1.43 bits per heavy atom. The van der Waals surface area contributed by atoms with Gasteiger partial charge in [-0.15, -0.1) is 0 Å². The van der Waals surface area contributed by atoms with Gasteiger partial charge in [0.1, 0.15) is 0 Å². The van der Waals surface area contributed by atoms with Crippen LogP contribution in [0, 0.1) is 0 Å². The van der Waals surface area contributed by atoms with Crippen molar-refractivity contribution >= 4 is 94.5 Å². The molecule has 0 aliphatic rings. The molecule has 228 valence electrons. The quantitative estimate of drug-likeness (QED) is 0.141. The molecule has 0 spiro atoms. The summed E-state index contributed by atoms with van der Waals surface area (Å²) in [6.07, 6.45) is 0. The lowest BCUT2D eigenvalue weighted by molar-refractivity contribution is 1.22. The molecule has 0 unspecified atom stereocenters. The second-order valence-corrected chi connectivity index (χ2v) is 17.0. The van der Waals surface area contributed by atoms with Crippen molar-refractivity contribution < 1.29 is 0 Å². The number of hydrogen-bond donors (Lipinski definition) is 0. The Labute approximate surface area is 283 Å². The van der Waals surface area contributed by atoms with E-state index < -0.39 is 8.07 Å². The minimum absolute atomic E-state index is 0.958. The lowest BCUT2D eigenvalue weighted by atomic mass is 10.1. The van der Waals surface area contributed by atoms with Crippen LogP contribution < -0.4 is 20.7 Å². The minimum Gasteiger partial charge on any atom is -0.277 e. The normalized spacial score (nSPS) is 12.5. The van der Waals surface area contributed by atoms with Crippen LogP contribution in [0.15, 0.2) is 176 Å². The molecule has 0 aliphatic carbocycles. The summed E-state index contributed by atoms with van der Waals surface area (Å²) < 4.78 is 4.83. The van der Waals surface area contributed by atoms with Crippen molar-refractivity contribution in [2.24, 2.45) is 0 Å². The standard InChI is InChI=1S/C45H29N3Si/c1-4-18-34(19-5-1)49(35-20-6-2-7-21-35,36-22-8-3-9-23-36)37-28-39-38-24-30-14-10-12-16-32(30)26-41(38)48-44(39)43(29-37)47-42-27-33-17-13-11-15-31(33)25-40(42)46-45(47)48/h1-29H. The maximum atomic E-state index is 5.39. The summed E-state index contributed by atoms with van der Waals surface area (Å²) >= 11 is 0. The number of rotatable bonds is 4. The molecule has 0 saturated carbocycles. The van der Waals surface area contributed by atoms with Gasteiger partial charge in [0.2, 0.25) is 5.78 Å². The molecule has 3 heterocycles. The zero-order chi connectivity index (χ0) is 32.1. The zero-order valence-corrected chi connectivity index (χ0v) is 27.6. The van der Waals surface area contributed by atoms with Crippen molar-refractivity contribution in [1.29, 1.82) is 0 Å². The molecule has 11 rings (SSSR count). The highest BCUT2D eigenvalue weighted by molar-refractivity contribution is 7.20. The van der Waals surface area contributed by atoms with Crippen LogP contribution in [0.3, 0.4) is 0 Å². The molecule has 0 bridgehead atoms. The van der Waals surface area contributed by atoms with Crippen LogP contribution in [0.2, 0.25) is 0 Å². The highest BCUT2D eigenvalue weighted by Crippen LogP contribution is 2.39. The SMILES string of the molecule is c1ccc([Si](c2ccccc2)(c2ccccc2)c2cc3c4cc5ccccc5cc4n4c3c(c2)n2c3cc5ccccc5cc3nc24)cc1. The monoisotopic (exact) mass is 639 g/mol. The summed E-state index contributed by atoms with van der Waals surface area (Å²) in [5, 5.41) is 12.9. The lowest BCUT2D eigenvalue weighted by Gasteiger charge is -2.34. The summed E-state index contributed by atoms with van der Waals surface area (Å²) in [7, 11) is -2.81. The Morgan fingerprint density at radius 1 is 0.367 bits per heavy atom. The summed E-state index contributed by atoms with van der Waals surface area (Å²) in [6, 6.07) is 65.3. The second-order valence-electron chi connectivity index (χ2n) is 13.2. The van der Waals surface area contributed by atoms with Crippen LogP contribution in [0.5, 0.6) is 0 Å². The number of aromatic nitrogens is 3. The molecule has 11 aromatic rings. The van der Waals surface area contributed by atoms with Gasteiger partial charge in [0.15, 0.2) is 8.07 Å². The maximum absolute atomic E-state index is 5.39. The Hall–Kier alpha value is -6.23. The molecular formula is C45H29N3Si. The van der Waals surface area contributed by atoms with Gasteiger partial charge in [-0.25, -0.2) is 4.98 Å². The molecule has 0 radical (unpaired) electrons. The topological polar surface area (TPSA) is 21.7 Å². The first-order chi connectivity index (χ1) is 24.3. The highest BCUT2D eigenvalue weighted by atomic mass is 28.3. The van der Waals surface area contributed by atoms with E-state index in [0.29, 0.717) is 0 Å². The van der Waals surface area contributed by atoms with E-state index in [1.165, 1.54) is 69.6 Å². The van der Waals surface area contributed by atoms with Gasteiger partial charge in [-0.3, -0.25) is 8.80 Å². The van der Waals surface area contributed by atoms with Crippen LogP contribution >= 0.6 is 0 Å². The van der Waals surface area contributed by atoms with Crippen molar-refractivity contribution in [3.8, 4) is 0 Å². The van der Waals surface area contributed by atoms with Gasteiger partial charge in [-0.1, -0.05) is 146 Å². The molecule has 3 aromatic heterocycles. The van der Waals surface area contributed by atoms with E-state index in [1.54, 1.807) is 0 Å². The maximum Gasteiger partial charge on any atom is 0.220 e. The third-order valence-corrected chi connectivity index (χ3v) is 15.5. The Morgan fingerprint density at radius 2 is 0.857 bits per heavy atom. The summed E-state index contributed by atoms with van der Waals surface area (Å²) in [5.41, 5.74) is 5.76. The third-order valence-electron chi connectivity index (χ3n) is 10.7. The average Bonchev–Trinajstić information content (AvgIpc) is 3.80. The predicted octanol–water partition coefficient (Wildman–Crippen LogP) is 8.17. The number of benzene rings is 8. The first kappa shape index (κ1) is 26.8. The lowest BCUT2D eigenvalue weighted by Crippen LogP contribution is -2.74. The van der Waals surface area contributed by atoms with Crippen LogP contribution in [0.4, 0.5) is 0 Å². The van der Waals surface area contributed by atoms with E-state index in [4.69, 9.17) is 4.98 Å². The van der Waals surface area contributed by atoms with Gasteiger partial charge in [0.05, 0.1) is 27.6 Å². The van der Waals surface area contributed by atoms with E-state index in [0.717, 1.165) is 16.8 Å². The Balaban J connectivity index is 1.39. The van der Waals surface area contributed by atoms with Crippen molar-refractivity contribution in [3.05, 3.63) is 176 Å². The molecule has 0 amide bonds. The van der Waals surface area contributed by atoms with Gasteiger partial charge < -0.3 is 0 Å². The number of fused-ring (bicyclic) bond motifs is 10. The van der Waals surface area contributed by atoms with Gasteiger partial charge in [-0.05, 0) is 72.6 Å². The molecule has 8 aromatic carbocycles. The fourth-order valence-electron chi connectivity index (χ4n) is 8.61. The van der Waals surface area contributed by atoms with Crippen molar-refractivity contribution in [2.45, 2.75) is 0 Å². The van der Waals surface area contributed by atoms with Gasteiger partial charge >= 0.3 is 0 Å². The Kier molecular flexibility index (Phi) is 5.41. The predicted molar refractivity (Wildman–Crippen MR) is 208 cm³/mol. The summed E-state index contributed by atoms with van der Waals surface area (Å²) in [5.74, 6) is 0.958. The molecule has 0 N–H and O–H groups in total. The van der Waals surface area contributed by atoms with Crippen molar-refractivity contribution in [3.63, 3.8) is 0 Å².